The van der Waals surface area contributed by atoms with Crippen LogP contribution in [-0.4, -0.2) is 11.0 Å². The monoisotopic (exact) mass is 304 g/mol. The van der Waals surface area contributed by atoms with Crippen molar-refractivity contribution in [3.8, 4) is 0 Å². The molecule has 4 fully saturated rings. The third-order valence-corrected chi connectivity index (χ3v) is 7.79. The molecule has 4 bridgehead atoms. The molecule has 3 heteroatoms. The van der Waals surface area contributed by atoms with Crippen LogP contribution in [0.25, 0.3) is 0 Å². The summed E-state index contributed by atoms with van der Waals surface area (Å²) in [6.07, 6.45) is 9.07. The average molecular weight is 305 g/mol. The van der Waals surface area contributed by atoms with Crippen molar-refractivity contribution in [2.75, 3.05) is 0 Å². The summed E-state index contributed by atoms with van der Waals surface area (Å²) in [7, 11) is 0. The molecule has 2 atom stereocenters. The SMILES string of the molecule is Cc1ncsc1C(C)NC(C)C12CC3CC(CC(C3)C1)C2. The zero-order chi connectivity index (χ0) is 14.6. The molecule has 4 aliphatic rings. The Morgan fingerprint density at radius 2 is 1.71 bits per heavy atom. The van der Waals surface area contributed by atoms with Gasteiger partial charge in [-0.2, -0.15) is 0 Å². The highest BCUT2D eigenvalue weighted by atomic mass is 32.1. The van der Waals surface area contributed by atoms with E-state index in [-0.39, 0.29) is 0 Å². The van der Waals surface area contributed by atoms with E-state index in [0.29, 0.717) is 17.5 Å². The number of rotatable bonds is 4. The van der Waals surface area contributed by atoms with E-state index in [4.69, 9.17) is 0 Å². The molecule has 21 heavy (non-hydrogen) atoms. The summed E-state index contributed by atoms with van der Waals surface area (Å²) in [5.41, 5.74) is 3.79. The second-order valence-electron chi connectivity index (χ2n) is 8.19. The van der Waals surface area contributed by atoms with E-state index in [2.05, 4.69) is 31.1 Å². The lowest BCUT2D eigenvalue weighted by molar-refractivity contribution is -0.0718. The van der Waals surface area contributed by atoms with E-state index in [9.17, 15) is 0 Å². The van der Waals surface area contributed by atoms with Gasteiger partial charge in [-0.1, -0.05) is 0 Å². The van der Waals surface area contributed by atoms with Gasteiger partial charge in [-0.05, 0) is 82.5 Å². The molecular weight excluding hydrogens is 276 g/mol. The zero-order valence-electron chi connectivity index (χ0n) is 13.6. The molecule has 2 unspecified atom stereocenters. The molecule has 116 valence electrons. The molecule has 1 aromatic heterocycles. The molecule has 0 aliphatic heterocycles. The summed E-state index contributed by atoms with van der Waals surface area (Å²) >= 11 is 1.80. The van der Waals surface area contributed by atoms with Crippen LogP contribution < -0.4 is 5.32 Å². The Labute approximate surface area is 132 Å². The fraction of sp³-hybridized carbons (Fsp3) is 0.833. The minimum absolute atomic E-state index is 0.445. The Kier molecular flexibility index (Phi) is 3.42. The van der Waals surface area contributed by atoms with Gasteiger partial charge in [0.05, 0.1) is 11.2 Å². The first-order chi connectivity index (χ1) is 10.1. The van der Waals surface area contributed by atoms with Crippen molar-refractivity contribution >= 4 is 11.3 Å². The second kappa shape index (κ2) is 5.06. The number of aryl methyl sites for hydroxylation is 1. The molecular formula is C18H28N2S. The summed E-state index contributed by atoms with van der Waals surface area (Å²) in [6, 6.07) is 1.09. The topological polar surface area (TPSA) is 24.9 Å². The lowest BCUT2D eigenvalue weighted by atomic mass is 9.48. The summed E-state index contributed by atoms with van der Waals surface area (Å²) < 4.78 is 0. The number of hydrogen-bond acceptors (Lipinski definition) is 3. The standard InChI is InChI=1S/C18H28N2S/c1-11-17(21-10-19-11)12(2)20-13(3)18-7-14-4-15(8-18)6-16(5-14)9-18/h10,12-16,20H,4-9H2,1-3H3. The predicted molar refractivity (Wildman–Crippen MR) is 88.5 cm³/mol. The lowest BCUT2D eigenvalue weighted by Crippen LogP contribution is -2.55. The molecule has 1 N–H and O–H groups in total. The number of nitrogens with one attached hydrogen (secondary N) is 1. The van der Waals surface area contributed by atoms with Crippen LogP contribution in [0.5, 0.6) is 0 Å². The summed E-state index contributed by atoms with van der Waals surface area (Å²) in [5.74, 6) is 3.13. The highest BCUT2D eigenvalue weighted by Crippen LogP contribution is 2.61. The summed E-state index contributed by atoms with van der Waals surface area (Å²) in [5, 5.41) is 3.95. The van der Waals surface area contributed by atoms with Crippen LogP contribution in [0.1, 0.15) is 69.0 Å². The van der Waals surface area contributed by atoms with Crippen LogP contribution >= 0.6 is 11.3 Å². The quantitative estimate of drug-likeness (QED) is 0.871. The van der Waals surface area contributed by atoms with Gasteiger partial charge in [0.1, 0.15) is 0 Å². The first kappa shape index (κ1) is 14.2. The predicted octanol–water partition coefficient (Wildman–Crippen LogP) is 4.71. The molecule has 0 saturated heterocycles. The van der Waals surface area contributed by atoms with Gasteiger partial charge in [0.15, 0.2) is 0 Å². The molecule has 0 radical (unpaired) electrons. The molecule has 1 aromatic rings. The number of thiazole rings is 1. The zero-order valence-corrected chi connectivity index (χ0v) is 14.4. The summed E-state index contributed by atoms with van der Waals surface area (Å²) in [4.78, 5) is 5.84. The molecule has 2 nitrogen and oxygen atoms in total. The van der Waals surface area contributed by atoms with Gasteiger partial charge < -0.3 is 5.32 Å². The van der Waals surface area contributed by atoms with Gasteiger partial charge >= 0.3 is 0 Å². The highest BCUT2D eigenvalue weighted by Gasteiger charge is 2.53. The van der Waals surface area contributed by atoms with Crippen molar-refractivity contribution in [2.24, 2.45) is 23.2 Å². The Bertz CT molecular complexity index is 486. The van der Waals surface area contributed by atoms with Gasteiger partial charge in [-0.3, -0.25) is 0 Å². The van der Waals surface area contributed by atoms with E-state index >= 15 is 0 Å². The first-order valence-electron chi connectivity index (χ1n) is 8.72. The van der Waals surface area contributed by atoms with E-state index < -0.39 is 0 Å². The molecule has 0 aromatic carbocycles. The van der Waals surface area contributed by atoms with Crippen LogP contribution in [-0.2, 0) is 0 Å². The van der Waals surface area contributed by atoms with Gasteiger partial charge in [-0.15, -0.1) is 11.3 Å². The van der Waals surface area contributed by atoms with Crippen LogP contribution in [0, 0.1) is 30.1 Å². The maximum absolute atomic E-state index is 4.42. The number of aromatic nitrogens is 1. The number of hydrogen-bond donors (Lipinski definition) is 1. The Balaban J connectivity index is 1.50. The van der Waals surface area contributed by atoms with Crippen molar-refractivity contribution in [3.05, 3.63) is 16.1 Å². The second-order valence-corrected chi connectivity index (χ2v) is 9.08. The molecule has 0 amide bonds. The molecule has 1 heterocycles. The normalized spacial score (nSPS) is 40.4. The maximum Gasteiger partial charge on any atom is 0.0798 e. The third-order valence-electron chi connectivity index (χ3n) is 6.68. The highest BCUT2D eigenvalue weighted by molar-refractivity contribution is 7.09. The molecule has 0 spiro atoms. The van der Waals surface area contributed by atoms with Crippen molar-refractivity contribution < 1.29 is 0 Å². The fourth-order valence-electron chi connectivity index (χ4n) is 6.06. The van der Waals surface area contributed by atoms with Crippen LogP contribution in [0.15, 0.2) is 5.51 Å². The largest absolute Gasteiger partial charge is 0.306 e. The third kappa shape index (κ3) is 2.37. The van der Waals surface area contributed by atoms with Gasteiger partial charge in [-0.25, -0.2) is 4.98 Å². The number of nitrogens with zero attached hydrogens (tertiary/aromatic N) is 1. The van der Waals surface area contributed by atoms with Gasteiger partial charge in [0.25, 0.3) is 0 Å². The molecule has 4 saturated carbocycles. The van der Waals surface area contributed by atoms with E-state index in [0.717, 1.165) is 17.8 Å². The minimum atomic E-state index is 0.445. The van der Waals surface area contributed by atoms with Crippen molar-refractivity contribution in [3.63, 3.8) is 0 Å². The van der Waals surface area contributed by atoms with Crippen LogP contribution in [0.2, 0.25) is 0 Å². The van der Waals surface area contributed by atoms with Crippen molar-refractivity contribution in [1.82, 2.24) is 10.3 Å². The summed E-state index contributed by atoms with van der Waals surface area (Å²) in [6.45, 7) is 6.91. The fourth-order valence-corrected chi connectivity index (χ4v) is 6.88. The Morgan fingerprint density at radius 1 is 1.14 bits per heavy atom. The van der Waals surface area contributed by atoms with E-state index in [1.807, 2.05) is 5.51 Å². The molecule has 4 aliphatic carbocycles. The van der Waals surface area contributed by atoms with Crippen LogP contribution in [0.3, 0.4) is 0 Å². The van der Waals surface area contributed by atoms with Crippen LogP contribution in [0.4, 0.5) is 0 Å². The van der Waals surface area contributed by atoms with E-state index in [1.165, 1.54) is 49.1 Å². The van der Waals surface area contributed by atoms with Gasteiger partial charge in [0, 0.05) is 17.0 Å². The Morgan fingerprint density at radius 3 is 2.19 bits per heavy atom. The maximum atomic E-state index is 4.42. The minimum Gasteiger partial charge on any atom is -0.306 e. The van der Waals surface area contributed by atoms with Gasteiger partial charge in [0.2, 0.25) is 0 Å². The molecule has 5 rings (SSSR count). The van der Waals surface area contributed by atoms with Crippen molar-refractivity contribution in [2.45, 2.75) is 71.4 Å². The lowest BCUT2D eigenvalue weighted by Gasteiger charge is -2.59. The smallest absolute Gasteiger partial charge is 0.0798 e. The Hall–Kier alpha value is -0.410. The van der Waals surface area contributed by atoms with E-state index in [1.54, 1.807) is 11.3 Å². The van der Waals surface area contributed by atoms with Crippen molar-refractivity contribution in [1.29, 1.82) is 0 Å². The average Bonchev–Trinajstić information content (AvgIpc) is 2.83. The first-order valence-corrected chi connectivity index (χ1v) is 9.60.